The number of pyridine rings is 1. The van der Waals surface area contributed by atoms with E-state index in [1.165, 1.54) is 0 Å². The molecule has 1 aliphatic heterocycles. The summed E-state index contributed by atoms with van der Waals surface area (Å²) in [4.78, 5) is 17.6. The molecule has 3 N–H and O–H groups in total. The van der Waals surface area contributed by atoms with Crippen molar-refractivity contribution < 1.29 is 10.2 Å². The molecule has 7 heteroatoms. The molecule has 2 aromatic rings. The van der Waals surface area contributed by atoms with Gasteiger partial charge in [-0.3, -0.25) is 14.4 Å². The Kier molecular flexibility index (Phi) is 4.84. The van der Waals surface area contributed by atoms with E-state index < -0.39 is 6.10 Å². The number of aromatic amines is 1. The average molecular weight is 332 g/mol. The molecular weight excluding hydrogens is 308 g/mol. The van der Waals surface area contributed by atoms with Crippen LogP contribution < -0.4 is 5.43 Å². The van der Waals surface area contributed by atoms with Gasteiger partial charge in [0.25, 0.3) is 0 Å². The minimum atomic E-state index is -0.937. The van der Waals surface area contributed by atoms with E-state index in [1.54, 1.807) is 6.20 Å². The first-order valence-corrected chi connectivity index (χ1v) is 8.25. The van der Waals surface area contributed by atoms with Gasteiger partial charge >= 0.3 is 0 Å². The molecule has 0 aromatic carbocycles. The van der Waals surface area contributed by atoms with Crippen LogP contribution in [0.1, 0.15) is 40.7 Å². The fourth-order valence-corrected chi connectivity index (χ4v) is 3.13. The van der Waals surface area contributed by atoms with Crippen LogP contribution in [0.2, 0.25) is 0 Å². The van der Waals surface area contributed by atoms with Gasteiger partial charge in [-0.25, -0.2) is 0 Å². The van der Waals surface area contributed by atoms with Gasteiger partial charge in [-0.05, 0) is 26.3 Å². The van der Waals surface area contributed by atoms with Crippen LogP contribution in [0.25, 0.3) is 0 Å². The molecule has 130 valence electrons. The summed E-state index contributed by atoms with van der Waals surface area (Å²) < 4.78 is 1.90. The predicted octanol–water partition coefficient (Wildman–Crippen LogP) is 0.620. The van der Waals surface area contributed by atoms with Crippen molar-refractivity contribution in [2.45, 2.75) is 46.0 Å². The third-order valence-corrected chi connectivity index (χ3v) is 4.62. The van der Waals surface area contributed by atoms with E-state index in [4.69, 9.17) is 5.11 Å². The van der Waals surface area contributed by atoms with Crippen molar-refractivity contribution >= 4 is 0 Å². The average Bonchev–Trinajstić information content (AvgIpc) is 2.88. The molecule has 0 bridgehead atoms. The van der Waals surface area contributed by atoms with Gasteiger partial charge in [0.1, 0.15) is 6.10 Å². The molecule has 0 amide bonds. The van der Waals surface area contributed by atoms with E-state index in [0.29, 0.717) is 18.8 Å². The monoisotopic (exact) mass is 332 g/mol. The molecule has 1 aliphatic rings. The SMILES string of the molecule is Cc1c[nH]c(CN2CCCn3nc(C(O)CO)cc3C2)c(C)c1=O. The molecule has 24 heavy (non-hydrogen) atoms. The van der Waals surface area contributed by atoms with Gasteiger partial charge in [-0.1, -0.05) is 0 Å². The minimum absolute atomic E-state index is 0.0944. The number of nitrogens with one attached hydrogen (secondary N) is 1. The van der Waals surface area contributed by atoms with Gasteiger partial charge in [-0.15, -0.1) is 0 Å². The summed E-state index contributed by atoms with van der Waals surface area (Å²) >= 11 is 0. The predicted molar refractivity (Wildman–Crippen MR) is 89.5 cm³/mol. The molecule has 0 saturated carbocycles. The lowest BCUT2D eigenvalue weighted by Crippen LogP contribution is -2.25. The maximum absolute atomic E-state index is 12.1. The van der Waals surface area contributed by atoms with E-state index in [-0.39, 0.29) is 12.0 Å². The Morgan fingerprint density at radius 2 is 2.17 bits per heavy atom. The van der Waals surface area contributed by atoms with Crippen LogP contribution in [-0.2, 0) is 19.6 Å². The lowest BCUT2D eigenvalue weighted by atomic mass is 10.1. The first kappa shape index (κ1) is 16.9. The van der Waals surface area contributed by atoms with Gasteiger partial charge in [-0.2, -0.15) is 5.10 Å². The van der Waals surface area contributed by atoms with Crippen molar-refractivity contribution in [3.05, 3.63) is 50.7 Å². The molecule has 0 fully saturated rings. The third-order valence-electron chi connectivity index (χ3n) is 4.62. The number of aliphatic hydroxyl groups is 2. The number of aliphatic hydroxyl groups excluding tert-OH is 2. The van der Waals surface area contributed by atoms with Crippen LogP contribution in [0.15, 0.2) is 17.1 Å². The van der Waals surface area contributed by atoms with Gasteiger partial charge in [0.2, 0.25) is 0 Å². The van der Waals surface area contributed by atoms with Crippen molar-refractivity contribution in [3.63, 3.8) is 0 Å². The second-order valence-electron chi connectivity index (χ2n) is 6.45. The van der Waals surface area contributed by atoms with Crippen molar-refractivity contribution in [1.29, 1.82) is 0 Å². The molecular formula is C17H24N4O3. The first-order chi connectivity index (χ1) is 11.5. The van der Waals surface area contributed by atoms with E-state index in [1.807, 2.05) is 24.6 Å². The summed E-state index contributed by atoms with van der Waals surface area (Å²) in [5.41, 5.74) is 4.06. The molecule has 0 spiro atoms. The zero-order chi connectivity index (χ0) is 17.3. The van der Waals surface area contributed by atoms with Crippen LogP contribution in [0.5, 0.6) is 0 Å². The number of fused-ring (bicyclic) bond motifs is 1. The quantitative estimate of drug-likeness (QED) is 0.763. The van der Waals surface area contributed by atoms with Gasteiger partial charge in [0, 0.05) is 49.2 Å². The summed E-state index contributed by atoms with van der Waals surface area (Å²) in [6.07, 6.45) is 1.77. The Morgan fingerprint density at radius 3 is 2.92 bits per heavy atom. The van der Waals surface area contributed by atoms with Gasteiger partial charge in [0.05, 0.1) is 18.0 Å². The summed E-state index contributed by atoms with van der Waals surface area (Å²) in [7, 11) is 0. The molecule has 3 rings (SSSR count). The number of rotatable bonds is 4. The highest BCUT2D eigenvalue weighted by Gasteiger charge is 2.20. The molecule has 1 atom stereocenters. The van der Waals surface area contributed by atoms with E-state index >= 15 is 0 Å². The Hall–Kier alpha value is -1.96. The standard InChI is InChI=1S/C17H24N4O3/c1-11-7-18-15(12(2)17(11)24)9-20-4-3-5-21-13(8-20)6-14(19-21)16(23)10-22/h6-7,16,22-23H,3-5,8-10H2,1-2H3,(H,18,24). The zero-order valence-electron chi connectivity index (χ0n) is 14.1. The summed E-state index contributed by atoms with van der Waals surface area (Å²) in [5, 5.41) is 23.2. The largest absolute Gasteiger partial charge is 0.393 e. The highest BCUT2D eigenvalue weighted by atomic mass is 16.3. The van der Waals surface area contributed by atoms with Crippen molar-refractivity contribution in [2.24, 2.45) is 0 Å². The fraction of sp³-hybridized carbons (Fsp3) is 0.529. The lowest BCUT2D eigenvalue weighted by molar-refractivity contribution is 0.0916. The topological polar surface area (TPSA) is 94.4 Å². The van der Waals surface area contributed by atoms with Crippen molar-refractivity contribution in [3.8, 4) is 0 Å². The van der Waals surface area contributed by atoms with Gasteiger partial charge in [0.15, 0.2) is 5.43 Å². The Labute approximate surface area is 140 Å². The maximum Gasteiger partial charge on any atom is 0.187 e. The molecule has 1 unspecified atom stereocenters. The molecule has 3 heterocycles. The number of aromatic nitrogens is 3. The third kappa shape index (κ3) is 3.28. The second kappa shape index (κ2) is 6.88. The van der Waals surface area contributed by atoms with Crippen LogP contribution in [0.3, 0.4) is 0 Å². The van der Waals surface area contributed by atoms with Crippen LogP contribution in [0.4, 0.5) is 0 Å². The minimum Gasteiger partial charge on any atom is -0.393 e. The molecule has 7 nitrogen and oxygen atoms in total. The maximum atomic E-state index is 12.1. The smallest absolute Gasteiger partial charge is 0.187 e. The first-order valence-electron chi connectivity index (χ1n) is 8.25. The highest BCUT2D eigenvalue weighted by molar-refractivity contribution is 5.23. The van der Waals surface area contributed by atoms with Crippen molar-refractivity contribution in [2.75, 3.05) is 13.2 Å². The summed E-state index contributed by atoms with van der Waals surface area (Å²) in [6, 6.07) is 1.85. The second-order valence-corrected chi connectivity index (χ2v) is 6.45. The number of hydrogen-bond donors (Lipinski definition) is 3. The molecule has 0 radical (unpaired) electrons. The van der Waals surface area contributed by atoms with Crippen LogP contribution >= 0.6 is 0 Å². The molecule has 0 aliphatic carbocycles. The Bertz CT molecular complexity index is 781. The van der Waals surface area contributed by atoms with E-state index in [9.17, 15) is 9.90 Å². The number of H-pyrrole nitrogens is 1. The number of hydrogen-bond acceptors (Lipinski definition) is 5. The number of aryl methyl sites for hydroxylation is 2. The Balaban J connectivity index is 1.80. The highest BCUT2D eigenvalue weighted by Crippen LogP contribution is 2.19. The number of nitrogens with zero attached hydrogens (tertiary/aromatic N) is 3. The van der Waals surface area contributed by atoms with Gasteiger partial charge < -0.3 is 15.2 Å². The summed E-state index contributed by atoms with van der Waals surface area (Å²) in [5.74, 6) is 0. The normalized spacial score (nSPS) is 16.7. The summed E-state index contributed by atoms with van der Waals surface area (Å²) in [6.45, 7) is 6.41. The Morgan fingerprint density at radius 1 is 1.38 bits per heavy atom. The zero-order valence-corrected chi connectivity index (χ0v) is 14.1. The van der Waals surface area contributed by atoms with Crippen LogP contribution in [0, 0.1) is 13.8 Å². The van der Waals surface area contributed by atoms with Crippen LogP contribution in [-0.4, -0.2) is 43.0 Å². The van der Waals surface area contributed by atoms with Crippen molar-refractivity contribution in [1.82, 2.24) is 19.7 Å². The fourth-order valence-electron chi connectivity index (χ4n) is 3.13. The molecule has 2 aromatic heterocycles. The lowest BCUT2D eigenvalue weighted by Gasteiger charge is -2.20. The van der Waals surface area contributed by atoms with E-state index in [2.05, 4.69) is 15.0 Å². The van der Waals surface area contributed by atoms with E-state index in [0.717, 1.165) is 42.0 Å². The molecule has 0 saturated heterocycles.